The van der Waals surface area contributed by atoms with Crippen LogP contribution < -0.4 is 0 Å². The molecule has 1 aliphatic heterocycles. The van der Waals surface area contributed by atoms with E-state index in [1.54, 1.807) is 30.1 Å². The highest BCUT2D eigenvalue weighted by atomic mass is 32.1. The van der Waals surface area contributed by atoms with Crippen molar-refractivity contribution >= 4 is 23.2 Å². The minimum atomic E-state index is -0.910. The second-order valence-electron chi connectivity index (χ2n) is 5.60. The van der Waals surface area contributed by atoms with E-state index in [-0.39, 0.29) is 5.91 Å². The molecule has 21 heavy (non-hydrogen) atoms. The first-order valence-electron chi connectivity index (χ1n) is 7.25. The Labute approximate surface area is 129 Å². The maximum Gasteiger partial charge on any atom is 0.307 e. The molecular weight excluding hydrogens is 288 g/mol. The third-order valence-electron chi connectivity index (χ3n) is 4.17. The maximum atomic E-state index is 12.3. The monoisotopic (exact) mass is 310 g/mol. The summed E-state index contributed by atoms with van der Waals surface area (Å²) in [5, 5.41) is 11.1. The Morgan fingerprint density at radius 1 is 1.24 bits per heavy atom. The molecule has 2 heterocycles. The van der Waals surface area contributed by atoms with E-state index in [1.165, 1.54) is 4.88 Å². The van der Waals surface area contributed by atoms with E-state index in [9.17, 15) is 9.59 Å². The molecule has 1 aliphatic rings. The molecule has 1 aromatic heterocycles. The predicted octanol–water partition coefficient (Wildman–Crippen LogP) is 1.75. The Morgan fingerprint density at radius 3 is 2.43 bits per heavy atom. The van der Waals surface area contributed by atoms with Crippen molar-refractivity contribution in [1.29, 1.82) is 0 Å². The van der Waals surface area contributed by atoms with Crippen LogP contribution in [0.3, 0.4) is 0 Å². The van der Waals surface area contributed by atoms with Gasteiger partial charge in [-0.3, -0.25) is 14.5 Å². The molecule has 0 radical (unpaired) electrons. The van der Waals surface area contributed by atoms with E-state index in [0.29, 0.717) is 13.1 Å². The zero-order valence-electron chi connectivity index (χ0n) is 12.5. The van der Waals surface area contributed by atoms with Crippen LogP contribution in [0.25, 0.3) is 0 Å². The van der Waals surface area contributed by atoms with Gasteiger partial charge in [0.25, 0.3) is 0 Å². The van der Waals surface area contributed by atoms with Crippen molar-refractivity contribution in [2.45, 2.75) is 20.4 Å². The van der Waals surface area contributed by atoms with Gasteiger partial charge in [0, 0.05) is 43.5 Å². The molecule has 5 nitrogen and oxygen atoms in total. The number of carbonyl (C=O) groups excluding carboxylic acids is 1. The summed E-state index contributed by atoms with van der Waals surface area (Å²) >= 11 is 1.75. The Balaban J connectivity index is 1.83. The number of nitrogens with zero attached hydrogens (tertiary/aromatic N) is 2. The van der Waals surface area contributed by atoms with Crippen molar-refractivity contribution in [2.24, 2.45) is 11.8 Å². The lowest BCUT2D eigenvalue weighted by atomic mass is 9.94. The summed E-state index contributed by atoms with van der Waals surface area (Å²) in [6, 6.07) is 4.17. The van der Waals surface area contributed by atoms with Crippen LogP contribution in [-0.2, 0) is 16.1 Å². The first-order chi connectivity index (χ1) is 9.99. The molecule has 1 N–H and O–H groups in total. The maximum absolute atomic E-state index is 12.3. The Morgan fingerprint density at radius 2 is 1.90 bits per heavy atom. The Hall–Kier alpha value is -1.40. The van der Waals surface area contributed by atoms with Crippen molar-refractivity contribution in [3.8, 4) is 0 Å². The predicted molar refractivity (Wildman–Crippen MR) is 82.1 cm³/mol. The van der Waals surface area contributed by atoms with Crippen LogP contribution in [0.5, 0.6) is 0 Å². The van der Waals surface area contributed by atoms with Gasteiger partial charge < -0.3 is 10.0 Å². The summed E-state index contributed by atoms with van der Waals surface area (Å²) < 4.78 is 0. The fourth-order valence-corrected chi connectivity index (χ4v) is 3.21. The Bertz CT molecular complexity index is 481. The third-order valence-corrected chi connectivity index (χ3v) is 5.03. The van der Waals surface area contributed by atoms with Gasteiger partial charge in [0.15, 0.2) is 0 Å². The van der Waals surface area contributed by atoms with Gasteiger partial charge in [-0.05, 0) is 11.4 Å². The van der Waals surface area contributed by atoms with Gasteiger partial charge in [-0.15, -0.1) is 11.3 Å². The summed E-state index contributed by atoms with van der Waals surface area (Å²) in [7, 11) is 0. The highest BCUT2D eigenvalue weighted by molar-refractivity contribution is 7.09. The molecule has 0 spiro atoms. The van der Waals surface area contributed by atoms with Crippen molar-refractivity contribution < 1.29 is 14.7 Å². The molecule has 1 aromatic rings. The fourth-order valence-electron chi connectivity index (χ4n) is 2.47. The number of piperazine rings is 1. The number of hydrogen-bond donors (Lipinski definition) is 1. The largest absolute Gasteiger partial charge is 0.481 e. The number of carbonyl (C=O) groups is 2. The second kappa shape index (κ2) is 7.04. The highest BCUT2D eigenvalue weighted by Gasteiger charge is 2.31. The quantitative estimate of drug-likeness (QED) is 0.900. The number of amides is 1. The first-order valence-corrected chi connectivity index (χ1v) is 8.13. The number of carboxylic acids is 1. The Kier molecular flexibility index (Phi) is 5.36. The van der Waals surface area contributed by atoms with Gasteiger partial charge in [-0.1, -0.05) is 19.9 Å². The van der Waals surface area contributed by atoms with Crippen LogP contribution in [0.4, 0.5) is 0 Å². The van der Waals surface area contributed by atoms with E-state index >= 15 is 0 Å². The molecule has 1 fully saturated rings. The topological polar surface area (TPSA) is 60.9 Å². The number of hydrogen-bond acceptors (Lipinski definition) is 4. The average Bonchev–Trinajstić information content (AvgIpc) is 2.98. The summed E-state index contributed by atoms with van der Waals surface area (Å²) in [5.41, 5.74) is 0. The van der Waals surface area contributed by atoms with Gasteiger partial charge in [0.05, 0.1) is 5.92 Å². The van der Waals surface area contributed by atoms with Gasteiger partial charge in [-0.25, -0.2) is 0 Å². The van der Waals surface area contributed by atoms with Crippen LogP contribution in [0.2, 0.25) is 0 Å². The van der Waals surface area contributed by atoms with Crippen LogP contribution in [0, 0.1) is 11.8 Å². The lowest BCUT2D eigenvalue weighted by molar-refractivity contribution is -0.149. The molecular formula is C15H22N2O3S. The lowest BCUT2D eigenvalue weighted by Gasteiger charge is -2.36. The zero-order chi connectivity index (χ0) is 15.4. The van der Waals surface area contributed by atoms with E-state index in [0.717, 1.165) is 19.6 Å². The minimum Gasteiger partial charge on any atom is -0.481 e. The third kappa shape index (κ3) is 4.04. The molecule has 116 valence electrons. The molecule has 2 rings (SSSR count). The molecule has 0 bridgehead atoms. The van der Waals surface area contributed by atoms with Gasteiger partial charge in [-0.2, -0.15) is 0 Å². The molecule has 2 unspecified atom stereocenters. The van der Waals surface area contributed by atoms with Crippen LogP contribution in [-0.4, -0.2) is 53.0 Å². The standard InChI is InChI=1S/C15H22N2O3S/c1-11(12(2)15(19)20)14(18)17-7-5-16(6-8-17)10-13-4-3-9-21-13/h3-4,9,11-12H,5-8,10H2,1-2H3,(H,19,20). The SMILES string of the molecule is CC(C(=O)O)C(C)C(=O)N1CCN(Cc2cccs2)CC1. The van der Waals surface area contributed by atoms with Crippen molar-refractivity contribution in [1.82, 2.24) is 9.80 Å². The highest BCUT2D eigenvalue weighted by Crippen LogP contribution is 2.18. The fraction of sp³-hybridized carbons (Fsp3) is 0.600. The van der Waals surface area contributed by atoms with E-state index in [1.807, 2.05) is 0 Å². The van der Waals surface area contributed by atoms with E-state index in [2.05, 4.69) is 22.4 Å². The molecule has 1 saturated heterocycles. The average molecular weight is 310 g/mol. The molecule has 0 aliphatic carbocycles. The van der Waals surface area contributed by atoms with E-state index < -0.39 is 17.8 Å². The molecule has 1 amide bonds. The summed E-state index contributed by atoms with van der Waals surface area (Å²) in [4.78, 5) is 28.8. The second-order valence-corrected chi connectivity index (χ2v) is 6.63. The van der Waals surface area contributed by atoms with Crippen LogP contribution in [0.15, 0.2) is 17.5 Å². The van der Waals surface area contributed by atoms with Gasteiger partial charge >= 0.3 is 5.97 Å². The molecule has 0 aromatic carbocycles. The molecule has 6 heteroatoms. The lowest BCUT2D eigenvalue weighted by Crippen LogP contribution is -2.50. The summed E-state index contributed by atoms with van der Waals surface area (Å²) in [6.07, 6.45) is 0. The van der Waals surface area contributed by atoms with Crippen LogP contribution in [0.1, 0.15) is 18.7 Å². The summed E-state index contributed by atoms with van der Waals surface area (Å²) in [5.74, 6) is -2.05. The number of carboxylic acid groups (broad SMARTS) is 1. The molecule has 2 atom stereocenters. The van der Waals surface area contributed by atoms with Crippen molar-refractivity contribution in [3.63, 3.8) is 0 Å². The van der Waals surface area contributed by atoms with Crippen LogP contribution >= 0.6 is 11.3 Å². The normalized spacial score (nSPS) is 19.2. The number of thiophene rings is 1. The van der Waals surface area contributed by atoms with Gasteiger partial charge in [0.1, 0.15) is 0 Å². The first kappa shape index (κ1) is 16.0. The number of aliphatic carboxylic acids is 1. The number of rotatable bonds is 5. The van der Waals surface area contributed by atoms with Crippen molar-refractivity contribution in [2.75, 3.05) is 26.2 Å². The summed E-state index contributed by atoms with van der Waals surface area (Å²) in [6.45, 7) is 7.29. The smallest absolute Gasteiger partial charge is 0.307 e. The van der Waals surface area contributed by atoms with Crippen molar-refractivity contribution in [3.05, 3.63) is 22.4 Å². The minimum absolute atomic E-state index is 0.0410. The van der Waals surface area contributed by atoms with Gasteiger partial charge in [0.2, 0.25) is 5.91 Å². The van der Waals surface area contributed by atoms with E-state index in [4.69, 9.17) is 5.11 Å². The zero-order valence-corrected chi connectivity index (χ0v) is 13.3. The molecule has 0 saturated carbocycles.